The molecule has 2 saturated carbocycles. The fourth-order valence-electron chi connectivity index (χ4n) is 3.45. The predicted molar refractivity (Wildman–Crippen MR) is 55.9 cm³/mol. The van der Waals surface area contributed by atoms with Crippen LogP contribution in [0.15, 0.2) is 0 Å². The highest BCUT2D eigenvalue weighted by atomic mass is 28.3. The molecule has 69 valence electrons. The second-order valence-corrected chi connectivity index (χ2v) is 7.87. The molecule has 0 aliphatic heterocycles. The number of hydrogen-bond acceptors (Lipinski definition) is 0. The maximum atomic E-state index is 2.52. The minimum atomic E-state index is 0.0189. The molecule has 1 heteroatoms. The van der Waals surface area contributed by atoms with Gasteiger partial charge in [-0.25, -0.2) is 0 Å². The van der Waals surface area contributed by atoms with Crippen molar-refractivity contribution in [2.24, 2.45) is 11.8 Å². The van der Waals surface area contributed by atoms with Crippen LogP contribution in [0.2, 0.25) is 18.6 Å². The fraction of sp³-hybridized carbons (Fsp3) is 1.00. The molecule has 0 spiro atoms. The van der Waals surface area contributed by atoms with Crippen molar-refractivity contribution in [3.8, 4) is 0 Å². The van der Waals surface area contributed by atoms with E-state index in [2.05, 4.69) is 13.1 Å². The van der Waals surface area contributed by atoms with Crippen molar-refractivity contribution >= 4 is 8.80 Å². The monoisotopic (exact) mass is 181 g/mol. The molecule has 0 bridgehead atoms. The fourth-order valence-corrected chi connectivity index (χ4v) is 5.49. The highest BCUT2D eigenvalue weighted by molar-refractivity contribution is 6.57. The Hall–Kier alpha value is 0.217. The molecule has 3 atom stereocenters. The Balaban J connectivity index is 2.01. The second-order valence-electron chi connectivity index (χ2n) is 4.97. The Kier molecular flexibility index (Phi) is 2.59. The Morgan fingerprint density at radius 2 is 1.67 bits per heavy atom. The summed E-state index contributed by atoms with van der Waals surface area (Å²) in [5.74, 6) is 2.33. The maximum absolute atomic E-state index is 2.52. The Labute approximate surface area is 78.4 Å². The van der Waals surface area contributed by atoms with Crippen LogP contribution in [0.25, 0.3) is 0 Å². The second kappa shape index (κ2) is 3.53. The average molecular weight is 181 g/mol. The molecule has 3 unspecified atom stereocenters. The van der Waals surface area contributed by atoms with Crippen molar-refractivity contribution in [2.75, 3.05) is 0 Å². The largest absolute Gasteiger partial charge is 0.0711 e. The number of fused-ring (bicyclic) bond motifs is 1. The summed E-state index contributed by atoms with van der Waals surface area (Å²) >= 11 is 0. The third-order valence-corrected chi connectivity index (χ3v) is 6.27. The van der Waals surface area contributed by atoms with Gasteiger partial charge in [-0.1, -0.05) is 51.6 Å². The molecule has 0 N–H and O–H groups in total. The molecule has 2 aliphatic rings. The van der Waals surface area contributed by atoms with Crippen LogP contribution in [-0.2, 0) is 0 Å². The average Bonchev–Trinajstić information content (AvgIpc) is 2.47. The quantitative estimate of drug-likeness (QED) is 0.541. The molecular weight excluding hydrogens is 160 g/mol. The van der Waals surface area contributed by atoms with Crippen molar-refractivity contribution < 1.29 is 0 Å². The molecule has 0 amide bonds. The molecule has 0 nitrogen and oxygen atoms in total. The van der Waals surface area contributed by atoms with Crippen LogP contribution in [-0.4, -0.2) is 8.80 Å². The van der Waals surface area contributed by atoms with Crippen LogP contribution in [0.1, 0.15) is 38.5 Å². The van der Waals surface area contributed by atoms with Crippen LogP contribution < -0.4 is 0 Å². The highest BCUT2D eigenvalue weighted by Crippen LogP contribution is 2.50. The van der Waals surface area contributed by atoms with Gasteiger partial charge in [0.15, 0.2) is 0 Å². The van der Waals surface area contributed by atoms with Crippen LogP contribution in [0.5, 0.6) is 0 Å². The normalized spacial score (nSPS) is 41.8. The highest BCUT2D eigenvalue weighted by Gasteiger charge is 2.38. The van der Waals surface area contributed by atoms with E-state index < -0.39 is 0 Å². The molecular formula is C11H21Si. The van der Waals surface area contributed by atoms with E-state index in [4.69, 9.17) is 0 Å². The standard InChI is InChI=1S/C11H21Si/c1-12(2)11-8-7-9-5-3-4-6-10(9)11/h9-11H,3-8H2,1-2H3. The Bertz CT molecular complexity index is 153. The zero-order valence-electron chi connectivity index (χ0n) is 8.47. The lowest BCUT2D eigenvalue weighted by atomic mass is 9.82. The van der Waals surface area contributed by atoms with Crippen molar-refractivity contribution in [2.45, 2.75) is 57.2 Å². The maximum Gasteiger partial charge on any atom is 0.0449 e. The predicted octanol–water partition coefficient (Wildman–Crippen LogP) is 3.71. The van der Waals surface area contributed by atoms with Crippen molar-refractivity contribution in [1.82, 2.24) is 0 Å². The third kappa shape index (κ3) is 1.48. The van der Waals surface area contributed by atoms with Gasteiger partial charge < -0.3 is 0 Å². The van der Waals surface area contributed by atoms with E-state index in [1.54, 1.807) is 25.7 Å². The van der Waals surface area contributed by atoms with Crippen molar-refractivity contribution in [3.63, 3.8) is 0 Å². The Morgan fingerprint density at radius 1 is 0.917 bits per heavy atom. The van der Waals surface area contributed by atoms with E-state index in [0.717, 1.165) is 5.92 Å². The van der Waals surface area contributed by atoms with Gasteiger partial charge in [0.25, 0.3) is 0 Å². The van der Waals surface area contributed by atoms with Crippen molar-refractivity contribution in [1.29, 1.82) is 0 Å². The van der Waals surface area contributed by atoms with Crippen LogP contribution in [0, 0.1) is 11.8 Å². The van der Waals surface area contributed by atoms with E-state index in [9.17, 15) is 0 Å². The SMILES string of the molecule is C[Si](C)C1CCC2CCCCC21. The van der Waals surface area contributed by atoms with Gasteiger partial charge in [-0.3, -0.25) is 0 Å². The number of rotatable bonds is 1. The van der Waals surface area contributed by atoms with Gasteiger partial charge in [0.1, 0.15) is 0 Å². The topological polar surface area (TPSA) is 0 Å². The van der Waals surface area contributed by atoms with Gasteiger partial charge in [0.2, 0.25) is 0 Å². The van der Waals surface area contributed by atoms with E-state index in [1.807, 2.05) is 0 Å². The summed E-state index contributed by atoms with van der Waals surface area (Å²) in [5, 5.41) is 0. The third-order valence-electron chi connectivity index (χ3n) is 4.07. The van der Waals surface area contributed by atoms with E-state index >= 15 is 0 Å². The molecule has 2 rings (SSSR count). The lowest BCUT2D eigenvalue weighted by molar-refractivity contribution is 0.276. The lowest BCUT2D eigenvalue weighted by Crippen LogP contribution is -2.22. The van der Waals surface area contributed by atoms with E-state index in [1.165, 1.54) is 24.3 Å². The summed E-state index contributed by atoms with van der Waals surface area (Å²) in [4.78, 5) is 0. The van der Waals surface area contributed by atoms with E-state index in [0.29, 0.717) is 0 Å². The molecule has 0 heterocycles. The molecule has 2 aliphatic carbocycles. The summed E-state index contributed by atoms with van der Waals surface area (Å²) in [7, 11) is 0.0189. The molecule has 0 aromatic heterocycles. The van der Waals surface area contributed by atoms with Gasteiger partial charge in [-0.05, 0) is 17.4 Å². The van der Waals surface area contributed by atoms with Gasteiger partial charge >= 0.3 is 0 Å². The summed E-state index contributed by atoms with van der Waals surface area (Å²) < 4.78 is 0. The minimum Gasteiger partial charge on any atom is -0.0711 e. The van der Waals surface area contributed by atoms with Crippen LogP contribution in [0.3, 0.4) is 0 Å². The van der Waals surface area contributed by atoms with Gasteiger partial charge in [0, 0.05) is 8.80 Å². The molecule has 1 radical (unpaired) electrons. The first-order chi connectivity index (χ1) is 5.79. The molecule has 0 aromatic carbocycles. The molecule has 2 fully saturated rings. The van der Waals surface area contributed by atoms with E-state index in [-0.39, 0.29) is 8.80 Å². The smallest absolute Gasteiger partial charge is 0.0449 e. The zero-order valence-corrected chi connectivity index (χ0v) is 9.47. The molecule has 0 saturated heterocycles. The first kappa shape index (κ1) is 8.80. The zero-order chi connectivity index (χ0) is 8.55. The number of hydrogen-bond donors (Lipinski definition) is 0. The Morgan fingerprint density at radius 3 is 2.42 bits per heavy atom. The summed E-state index contributed by atoms with van der Waals surface area (Å²) in [6, 6.07) is 0. The van der Waals surface area contributed by atoms with Crippen LogP contribution >= 0.6 is 0 Å². The lowest BCUT2D eigenvalue weighted by Gasteiger charge is -2.30. The molecule has 12 heavy (non-hydrogen) atoms. The minimum absolute atomic E-state index is 0.0189. The van der Waals surface area contributed by atoms with Gasteiger partial charge in [-0.2, -0.15) is 0 Å². The summed E-state index contributed by atoms with van der Waals surface area (Å²) in [5.41, 5.74) is 1.18. The first-order valence-corrected chi connectivity index (χ1v) is 8.17. The van der Waals surface area contributed by atoms with Gasteiger partial charge in [0.05, 0.1) is 0 Å². The van der Waals surface area contributed by atoms with Gasteiger partial charge in [-0.15, -0.1) is 0 Å². The van der Waals surface area contributed by atoms with Crippen LogP contribution in [0.4, 0.5) is 0 Å². The molecule has 0 aromatic rings. The summed E-state index contributed by atoms with van der Waals surface area (Å²) in [6.45, 7) is 5.04. The summed E-state index contributed by atoms with van der Waals surface area (Å²) in [6.07, 6.45) is 9.36. The first-order valence-electron chi connectivity index (χ1n) is 5.59. The van der Waals surface area contributed by atoms with Crippen molar-refractivity contribution in [3.05, 3.63) is 0 Å².